The lowest BCUT2D eigenvalue weighted by atomic mass is 10.1. The quantitative estimate of drug-likeness (QED) is 0.700. The number of likely N-dealkylation sites (N-methyl/N-ethyl adjacent to an activating group) is 1. The Balaban J connectivity index is 0.000000399. The smallest absolute Gasteiger partial charge is 0.475 e. The zero-order valence-corrected chi connectivity index (χ0v) is 10.8. The summed E-state index contributed by atoms with van der Waals surface area (Å²) in [6.45, 7) is 0.868. The molecule has 0 bridgehead atoms. The average Bonchev–Trinajstić information content (AvgIpc) is 2.76. The second-order valence-electron chi connectivity index (χ2n) is 4.14. The third-order valence-electron chi connectivity index (χ3n) is 2.57. The molecule has 6 nitrogen and oxygen atoms in total. The van der Waals surface area contributed by atoms with Gasteiger partial charge in [-0.1, -0.05) is 0 Å². The Hall–Kier alpha value is -1.35. The molecule has 0 aromatic rings. The molecular weight excluding hydrogens is 269 g/mol. The van der Waals surface area contributed by atoms with Crippen molar-refractivity contribution in [1.29, 1.82) is 0 Å². The summed E-state index contributed by atoms with van der Waals surface area (Å²) >= 11 is 0. The van der Waals surface area contributed by atoms with Crippen molar-refractivity contribution in [3.63, 3.8) is 0 Å². The first-order valence-electron chi connectivity index (χ1n) is 5.37. The lowest BCUT2D eigenvalue weighted by Gasteiger charge is -2.17. The second kappa shape index (κ2) is 7.29. The number of halogens is 3. The molecule has 0 spiro atoms. The largest absolute Gasteiger partial charge is 0.490 e. The zero-order chi connectivity index (χ0) is 15.2. The van der Waals surface area contributed by atoms with Crippen LogP contribution < -0.4 is 5.32 Å². The number of hydrogen-bond donors (Lipinski definition) is 2. The summed E-state index contributed by atoms with van der Waals surface area (Å²) in [5.74, 6) is -2.91. The number of aliphatic carboxylic acids is 1. The number of hydrogen-bond acceptors (Lipinski definition) is 5. The number of alkyl halides is 3. The normalized spacial score (nSPS) is 22.7. The van der Waals surface area contributed by atoms with E-state index in [0.29, 0.717) is 6.04 Å². The van der Waals surface area contributed by atoms with E-state index < -0.39 is 12.1 Å². The molecule has 0 saturated carbocycles. The predicted molar refractivity (Wildman–Crippen MR) is 59.6 cm³/mol. The minimum Gasteiger partial charge on any atom is -0.475 e. The Morgan fingerprint density at radius 3 is 2.11 bits per heavy atom. The number of ether oxygens (including phenoxy) is 1. The molecule has 2 N–H and O–H groups in total. The topological polar surface area (TPSA) is 78.9 Å². The third kappa shape index (κ3) is 6.39. The molecule has 2 atom stereocenters. The molecule has 1 aliphatic heterocycles. The molecule has 19 heavy (non-hydrogen) atoms. The first-order valence-corrected chi connectivity index (χ1v) is 5.37. The van der Waals surface area contributed by atoms with Crippen LogP contribution in [0.2, 0.25) is 0 Å². The van der Waals surface area contributed by atoms with Gasteiger partial charge in [0, 0.05) is 12.6 Å². The van der Waals surface area contributed by atoms with Crippen molar-refractivity contribution < 1.29 is 32.6 Å². The lowest BCUT2D eigenvalue weighted by Crippen LogP contribution is -2.31. The SMILES string of the molecule is COC(=O)[C@@H]1C[C@@H](N(C)C)CN1.O=C(O)C(F)(F)F. The summed E-state index contributed by atoms with van der Waals surface area (Å²) in [7, 11) is 5.46. The second-order valence-corrected chi connectivity index (χ2v) is 4.14. The summed E-state index contributed by atoms with van der Waals surface area (Å²) in [5, 5.41) is 10.2. The molecule has 0 unspecified atom stereocenters. The van der Waals surface area contributed by atoms with Crippen LogP contribution in [0.4, 0.5) is 13.2 Å². The summed E-state index contributed by atoms with van der Waals surface area (Å²) in [6, 6.07) is 0.344. The maximum absolute atomic E-state index is 11.1. The van der Waals surface area contributed by atoms with Gasteiger partial charge in [-0.3, -0.25) is 4.79 Å². The maximum atomic E-state index is 11.1. The van der Waals surface area contributed by atoms with Gasteiger partial charge in [0.2, 0.25) is 0 Å². The number of esters is 1. The van der Waals surface area contributed by atoms with Gasteiger partial charge < -0.3 is 20.1 Å². The highest BCUT2D eigenvalue weighted by molar-refractivity contribution is 5.76. The molecule has 1 saturated heterocycles. The van der Waals surface area contributed by atoms with Crippen molar-refractivity contribution in [3.05, 3.63) is 0 Å². The fourth-order valence-corrected chi connectivity index (χ4v) is 1.43. The highest BCUT2D eigenvalue weighted by Gasteiger charge is 2.38. The van der Waals surface area contributed by atoms with E-state index in [9.17, 15) is 18.0 Å². The van der Waals surface area contributed by atoms with Crippen LogP contribution in [0.5, 0.6) is 0 Å². The van der Waals surface area contributed by atoms with Gasteiger partial charge >= 0.3 is 18.1 Å². The monoisotopic (exact) mass is 286 g/mol. The van der Waals surface area contributed by atoms with E-state index in [-0.39, 0.29) is 12.0 Å². The molecule has 0 amide bonds. The van der Waals surface area contributed by atoms with Crippen molar-refractivity contribution in [2.75, 3.05) is 27.7 Å². The number of nitrogens with zero attached hydrogens (tertiary/aromatic N) is 1. The van der Waals surface area contributed by atoms with Gasteiger partial charge in [0.05, 0.1) is 7.11 Å². The Kier molecular flexibility index (Phi) is 6.77. The zero-order valence-electron chi connectivity index (χ0n) is 10.8. The van der Waals surface area contributed by atoms with E-state index in [1.165, 1.54) is 7.11 Å². The van der Waals surface area contributed by atoms with E-state index >= 15 is 0 Å². The third-order valence-corrected chi connectivity index (χ3v) is 2.57. The van der Waals surface area contributed by atoms with Crippen LogP contribution in [-0.2, 0) is 14.3 Å². The van der Waals surface area contributed by atoms with E-state index in [1.807, 2.05) is 14.1 Å². The molecule has 9 heteroatoms. The first kappa shape index (κ1) is 17.6. The maximum Gasteiger partial charge on any atom is 0.490 e. The number of methoxy groups -OCH3 is 1. The number of carboxylic acids is 1. The van der Waals surface area contributed by atoms with Gasteiger partial charge in [0.1, 0.15) is 6.04 Å². The van der Waals surface area contributed by atoms with Crippen LogP contribution >= 0.6 is 0 Å². The fourth-order valence-electron chi connectivity index (χ4n) is 1.43. The van der Waals surface area contributed by atoms with E-state index in [0.717, 1.165) is 13.0 Å². The van der Waals surface area contributed by atoms with Crippen molar-refractivity contribution in [1.82, 2.24) is 10.2 Å². The minimum absolute atomic E-state index is 0.109. The van der Waals surface area contributed by atoms with Gasteiger partial charge in [-0.15, -0.1) is 0 Å². The van der Waals surface area contributed by atoms with Gasteiger partial charge in [-0.25, -0.2) is 4.79 Å². The van der Waals surface area contributed by atoms with E-state index in [4.69, 9.17) is 9.90 Å². The molecule has 0 aliphatic carbocycles. The van der Waals surface area contributed by atoms with Crippen LogP contribution in [0.3, 0.4) is 0 Å². The van der Waals surface area contributed by atoms with Crippen LogP contribution in [-0.4, -0.2) is 68.0 Å². The number of nitrogens with one attached hydrogen (secondary N) is 1. The number of carbonyl (C=O) groups is 2. The lowest BCUT2D eigenvalue weighted by molar-refractivity contribution is -0.192. The first-order chi connectivity index (χ1) is 8.59. The number of carbonyl (C=O) groups excluding carboxylic acids is 1. The van der Waals surface area contributed by atoms with Crippen LogP contribution in [0.15, 0.2) is 0 Å². The van der Waals surface area contributed by atoms with E-state index in [2.05, 4.69) is 15.0 Å². The highest BCUT2D eigenvalue weighted by atomic mass is 19.4. The molecule has 1 fully saturated rings. The van der Waals surface area contributed by atoms with Gasteiger partial charge in [0.25, 0.3) is 0 Å². The summed E-state index contributed by atoms with van der Waals surface area (Å²) in [6.07, 6.45) is -4.24. The van der Waals surface area contributed by atoms with Crippen LogP contribution in [0, 0.1) is 0 Å². The standard InChI is InChI=1S/C8H16N2O2.C2HF3O2/c1-10(2)6-4-7(9-5-6)8(11)12-3;3-2(4,5)1(6)7/h6-7,9H,4-5H2,1-3H3;(H,6,7)/t6-,7+;/m1./s1. The van der Waals surface area contributed by atoms with Gasteiger partial charge in [-0.2, -0.15) is 13.2 Å². The molecule has 112 valence electrons. The summed E-state index contributed by atoms with van der Waals surface area (Å²) in [4.78, 5) is 22.1. The number of rotatable bonds is 2. The Morgan fingerprint density at radius 1 is 1.37 bits per heavy atom. The Labute approximate surface area is 108 Å². The summed E-state index contributed by atoms with van der Waals surface area (Å²) < 4.78 is 36.4. The fraction of sp³-hybridized carbons (Fsp3) is 0.800. The molecular formula is C10H17F3N2O4. The van der Waals surface area contributed by atoms with Crippen LogP contribution in [0.25, 0.3) is 0 Å². The van der Waals surface area contributed by atoms with Crippen molar-refractivity contribution >= 4 is 11.9 Å². The van der Waals surface area contributed by atoms with Gasteiger partial charge in [0.15, 0.2) is 0 Å². The van der Waals surface area contributed by atoms with Crippen molar-refractivity contribution in [2.24, 2.45) is 0 Å². The predicted octanol–water partition coefficient (Wildman–Crippen LogP) is 0.0848. The molecule has 0 radical (unpaired) electrons. The molecule has 1 heterocycles. The van der Waals surface area contributed by atoms with Gasteiger partial charge in [-0.05, 0) is 20.5 Å². The molecule has 0 aromatic carbocycles. The van der Waals surface area contributed by atoms with E-state index in [1.54, 1.807) is 0 Å². The highest BCUT2D eigenvalue weighted by Crippen LogP contribution is 2.13. The number of carboxylic acid groups (broad SMARTS) is 1. The van der Waals surface area contributed by atoms with Crippen molar-refractivity contribution in [3.8, 4) is 0 Å². The molecule has 1 aliphatic rings. The minimum atomic E-state index is -5.08. The Bertz CT molecular complexity index is 320. The summed E-state index contributed by atoms with van der Waals surface area (Å²) in [5.41, 5.74) is 0. The molecule has 1 rings (SSSR count). The average molecular weight is 286 g/mol. The van der Waals surface area contributed by atoms with Crippen LogP contribution in [0.1, 0.15) is 6.42 Å². The molecule has 0 aromatic heterocycles. The van der Waals surface area contributed by atoms with Crippen molar-refractivity contribution in [2.45, 2.75) is 24.7 Å². The Morgan fingerprint density at radius 2 is 1.84 bits per heavy atom.